The zero-order valence-corrected chi connectivity index (χ0v) is 22.6. The first-order chi connectivity index (χ1) is 16.8. The molecular weight excluding hydrogens is 498 g/mol. The number of aromatic nitrogens is 1. The molecule has 3 rings (SSSR count). The molecule has 1 heterocycles. The van der Waals surface area contributed by atoms with Gasteiger partial charge in [-0.05, 0) is 76.2 Å². The number of oxazole rings is 1. The van der Waals surface area contributed by atoms with Crippen molar-refractivity contribution in [1.82, 2.24) is 9.88 Å². The van der Waals surface area contributed by atoms with Crippen LogP contribution in [0.3, 0.4) is 0 Å². The molecule has 0 aliphatic carbocycles. The van der Waals surface area contributed by atoms with Crippen LogP contribution in [0.5, 0.6) is 0 Å². The highest BCUT2D eigenvalue weighted by molar-refractivity contribution is 7.80. The largest absolute Gasteiger partial charge is 0.462 e. The molecule has 8 nitrogen and oxygen atoms in total. The van der Waals surface area contributed by atoms with Crippen molar-refractivity contribution in [1.29, 1.82) is 5.41 Å². The highest BCUT2D eigenvalue weighted by atomic mass is 35.5. The monoisotopic (exact) mass is 529 g/mol. The molecule has 36 heavy (non-hydrogen) atoms. The van der Waals surface area contributed by atoms with Gasteiger partial charge >= 0.3 is 5.97 Å². The Bertz CT molecular complexity index is 1330. The summed E-state index contributed by atoms with van der Waals surface area (Å²) < 4.78 is 12.5. The van der Waals surface area contributed by atoms with Gasteiger partial charge in [-0.1, -0.05) is 35.9 Å². The van der Waals surface area contributed by atoms with E-state index in [1.165, 1.54) is 6.26 Å². The van der Waals surface area contributed by atoms with Gasteiger partial charge in [-0.15, -0.1) is 0 Å². The lowest BCUT2D eigenvalue weighted by molar-refractivity contribution is -0.155. The van der Waals surface area contributed by atoms with Gasteiger partial charge in [-0.25, -0.2) is 0 Å². The third kappa shape index (κ3) is 6.47. The smallest absolute Gasteiger partial charge is 0.311 e. The van der Waals surface area contributed by atoms with E-state index in [2.05, 4.69) is 10.6 Å². The van der Waals surface area contributed by atoms with Crippen molar-refractivity contribution in [3.8, 4) is 0 Å². The van der Waals surface area contributed by atoms with Crippen molar-refractivity contribution < 1.29 is 13.9 Å². The molecule has 0 saturated carbocycles. The Labute approximate surface area is 221 Å². The number of para-hydroxylation sites is 1. The van der Waals surface area contributed by atoms with Gasteiger partial charge < -0.3 is 25.5 Å². The number of carbonyl (C=O) groups excluding carboxylic acids is 1. The van der Waals surface area contributed by atoms with Crippen LogP contribution in [0.15, 0.2) is 53.1 Å². The van der Waals surface area contributed by atoms with E-state index in [4.69, 9.17) is 44.1 Å². The number of anilines is 2. The molecule has 5 N–H and O–H groups in total. The van der Waals surface area contributed by atoms with Gasteiger partial charge in [-0.2, -0.15) is 0 Å². The van der Waals surface area contributed by atoms with E-state index >= 15 is 0 Å². The predicted octanol–water partition coefficient (Wildman–Crippen LogP) is 4.94. The summed E-state index contributed by atoms with van der Waals surface area (Å²) in [5.41, 5.74) is 8.51. The Kier molecular flexibility index (Phi) is 8.15. The average molecular weight is 530 g/mol. The lowest BCUT2D eigenvalue weighted by Gasteiger charge is -2.33. The molecule has 1 atom stereocenters. The first-order valence-electron chi connectivity index (χ1n) is 11.4. The number of nitrogens with two attached hydrogens (primary N) is 1. The number of hydrogen-bond acceptors (Lipinski definition) is 6. The zero-order valence-electron chi connectivity index (χ0n) is 21.1. The number of thiocarbonyl (C=S) groups is 1. The van der Waals surface area contributed by atoms with Crippen LogP contribution >= 0.6 is 23.8 Å². The quantitative estimate of drug-likeness (QED) is 0.194. The first kappa shape index (κ1) is 27.3. The number of nitrogens with zero attached hydrogens (tertiary/aromatic N) is 1. The van der Waals surface area contributed by atoms with Crippen LogP contribution in [-0.4, -0.2) is 22.3 Å². The second kappa shape index (κ2) is 10.8. The molecular formula is C26H32ClN5O3S. The number of halogens is 1. The number of hydrogen-bond donors (Lipinski definition) is 4. The standard InChI is InChI=1S/C26H32ClN5O3S/c1-16-14-34-23(29)32(16)13-17-8-6-11-20(21(17)28)30-24(36)31-26(5,15-35-22(33)25(2,3)4)18-9-7-10-19(27)12-18/h6-12,14,29H,13,15,28H2,1-5H3,(H2,30,31,36). The Morgan fingerprint density at radius 2 is 1.92 bits per heavy atom. The van der Waals surface area contributed by atoms with E-state index in [0.717, 1.165) is 16.8 Å². The molecule has 0 bridgehead atoms. The van der Waals surface area contributed by atoms with Crippen LogP contribution in [0.2, 0.25) is 5.02 Å². The third-order valence-corrected chi connectivity index (χ3v) is 6.18. The van der Waals surface area contributed by atoms with Crippen molar-refractivity contribution in [3.05, 3.63) is 76.3 Å². The Balaban J connectivity index is 1.82. The van der Waals surface area contributed by atoms with Gasteiger partial charge in [0.25, 0.3) is 5.68 Å². The SMILES string of the molecule is Cc1coc(=N)n1Cc1cccc(NC(=S)NC(C)(COC(=O)C(C)(C)C)c2cccc(Cl)c2)c1N. The van der Waals surface area contributed by atoms with Gasteiger partial charge in [-0.3, -0.25) is 14.8 Å². The Morgan fingerprint density at radius 3 is 2.53 bits per heavy atom. The maximum atomic E-state index is 12.5. The van der Waals surface area contributed by atoms with Gasteiger partial charge in [0.15, 0.2) is 5.11 Å². The molecule has 0 saturated heterocycles. The Morgan fingerprint density at radius 1 is 1.22 bits per heavy atom. The highest BCUT2D eigenvalue weighted by Gasteiger charge is 2.32. The Hall–Kier alpha value is -3.30. The highest BCUT2D eigenvalue weighted by Crippen LogP contribution is 2.28. The predicted molar refractivity (Wildman–Crippen MR) is 146 cm³/mol. The molecule has 1 unspecified atom stereocenters. The van der Waals surface area contributed by atoms with E-state index in [-0.39, 0.29) is 18.3 Å². The fourth-order valence-electron chi connectivity index (χ4n) is 3.51. The van der Waals surface area contributed by atoms with Gasteiger partial charge in [0.2, 0.25) is 0 Å². The van der Waals surface area contributed by atoms with E-state index in [1.807, 2.05) is 44.2 Å². The lowest BCUT2D eigenvalue weighted by atomic mass is 9.92. The van der Waals surface area contributed by atoms with E-state index < -0.39 is 11.0 Å². The number of carbonyl (C=O) groups is 1. The summed E-state index contributed by atoms with van der Waals surface area (Å²) in [5.74, 6) is -0.325. The number of nitrogen functional groups attached to an aromatic ring is 1. The first-order valence-corrected chi connectivity index (χ1v) is 12.2. The zero-order chi connectivity index (χ0) is 26.7. The number of benzene rings is 2. The summed E-state index contributed by atoms with van der Waals surface area (Å²) in [7, 11) is 0. The van der Waals surface area contributed by atoms with Crippen LogP contribution in [-0.2, 0) is 21.6 Å². The minimum absolute atomic E-state index is 0.0312. The summed E-state index contributed by atoms with van der Waals surface area (Å²) in [4.78, 5) is 12.5. The minimum Gasteiger partial charge on any atom is -0.462 e. The normalized spacial score (nSPS) is 13.1. The molecule has 0 aliphatic rings. The number of esters is 1. The molecule has 0 radical (unpaired) electrons. The van der Waals surface area contributed by atoms with Crippen molar-refractivity contribution >= 4 is 46.3 Å². The number of nitrogens with one attached hydrogen (secondary N) is 3. The molecule has 1 aromatic heterocycles. The third-order valence-electron chi connectivity index (χ3n) is 5.74. The van der Waals surface area contributed by atoms with Crippen LogP contribution in [0, 0.1) is 17.7 Å². The average Bonchev–Trinajstić information content (AvgIpc) is 3.11. The molecule has 0 spiro atoms. The fraction of sp³-hybridized carbons (Fsp3) is 0.346. The number of rotatable bonds is 7. The fourth-order valence-corrected chi connectivity index (χ4v) is 4.03. The topological polar surface area (TPSA) is 118 Å². The second-order valence-corrected chi connectivity index (χ2v) is 10.7. The van der Waals surface area contributed by atoms with Gasteiger partial charge in [0.05, 0.1) is 34.6 Å². The molecule has 2 aromatic carbocycles. The van der Waals surface area contributed by atoms with Crippen LogP contribution < -0.4 is 22.1 Å². The van der Waals surface area contributed by atoms with Crippen molar-refractivity contribution in [3.63, 3.8) is 0 Å². The minimum atomic E-state index is -0.869. The van der Waals surface area contributed by atoms with Gasteiger partial charge in [0, 0.05) is 5.02 Å². The van der Waals surface area contributed by atoms with Crippen LogP contribution in [0.4, 0.5) is 11.4 Å². The number of aryl methyl sites for hydroxylation is 1. The summed E-state index contributed by atoms with van der Waals surface area (Å²) in [6.45, 7) is 9.56. The molecule has 0 aliphatic heterocycles. The molecule has 0 amide bonds. The summed E-state index contributed by atoms with van der Waals surface area (Å²) >= 11 is 11.9. The second-order valence-electron chi connectivity index (χ2n) is 9.89. The van der Waals surface area contributed by atoms with Crippen molar-refractivity contribution in [2.24, 2.45) is 5.41 Å². The maximum absolute atomic E-state index is 12.5. The number of ether oxygens (including phenoxy) is 1. The molecule has 192 valence electrons. The van der Waals surface area contributed by atoms with E-state index in [9.17, 15) is 4.79 Å². The summed E-state index contributed by atoms with van der Waals surface area (Å²) in [5, 5.41) is 15.2. The lowest BCUT2D eigenvalue weighted by Crippen LogP contribution is -2.49. The van der Waals surface area contributed by atoms with Crippen molar-refractivity contribution in [2.75, 3.05) is 17.7 Å². The molecule has 0 fully saturated rings. The molecule has 3 aromatic rings. The van der Waals surface area contributed by atoms with E-state index in [1.54, 1.807) is 37.5 Å². The van der Waals surface area contributed by atoms with Crippen LogP contribution in [0.25, 0.3) is 0 Å². The van der Waals surface area contributed by atoms with Crippen molar-refractivity contribution in [2.45, 2.75) is 46.7 Å². The van der Waals surface area contributed by atoms with Gasteiger partial charge in [0.1, 0.15) is 12.9 Å². The van der Waals surface area contributed by atoms with E-state index in [0.29, 0.717) is 28.1 Å². The summed E-state index contributed by atoms with van der Waals surface area (Å²) in [6.07, 6.45) is 1.53. The molecule has 10 heteroatoms. The van der Waals surface area contributed by atoms with Crippen LogP contribution in [0.1, 0.15) is 44.5 Å². The summed E-state index contributed by atoms with van der Waals surface area (Å²) in [6, 6.07) is 12.9. The maximum Gasteiger partial charge on any atom is 0.311 e.